The highest BCUT2D eigenvalue weighted by atomic mass is 35.5. The molecule has 0 bridgehead atoms. The second-order valence-electron chi connectivity index (χ2n) is 2.64. The average molecular weight is 196 g/mol. The highest BCUT2D eigenvalue weighted by Crippen LogP contribution is 2.21. The topological polar surface area (TPSA) is 41.7 Å². The zero-order chi connectivity index (χ0) is 9.42. The number of aromatic nitrogens is 1. The van der Waals surface area contributed by atoms with E-state index < -0.39 is 5.97 Å². The van der Waals surface area contributed by atoms with Crippen molar-refractivity contribution in [3.05, 3.63) is 41.2 Å². The molecule has 4 heteroatoms. The van der Waals surface area contributed by atoms with Gasteiger partial charge in [0.05, 0.1) is 10.5 Å². The molecule has 2 heterocycles. The van der Waals surface area contributed by atoms with E-state index >= 15 is 0 Å². The van der Waals surface area contributed by atoms with Crippen LogP contribution >= 0.6 is 11.6 Å². The van der Waals surface area contributed by atoms with E-state index in [9.17, 15) is 4.79 Å². The Hall–Kier alpha value is -1.48. The van der Waals surface area contributed by atoms with Crippen LogP contribution < -0.4 is 0 Å². The maximum absolute atomic E-state index is 10.7. The van der Waals surface area contributed by atoms with Gasteiger partial charge in [-0.3, -0.25) is 0 Å². The van der Waals surface area contributed by atoms with E-state index in [1.807, 2.05) is 6.07 Å². The summed E-state index contributed by atoms with van der Waals surface area (Å²) in [5, 5.41) is 9.27. The van der Waals surface area contributed by atoms with Gasteiger partial charge in [0.1, 0.15) is 5.69 Å². The Morgan fingerprint density at radius 3 is 2.92 bits per heavy atom. The van der Waals surface area contributed by atoms with Crippen molar-refractivity contribution in [2.45, 2.75) is 0 Å². The molecule has 2 aromatic heterocycles. The largest absolute Gasteiger partial charge is 0.477 e. The summed E-state index contributed by atoms with van der Waals surface area (Å²) in [6, 6.07) is 6.79. The number of nitrogens with zero attached hydrogens (tertiary/aromatic N) is 1. The first-order valence-corrected chi connectivity index (χ1v) is 4.07. The SMILES string of the molecule is O=C(O)c1cc(Cl)c2ccccn12. The third kappa shape index (κ3) is 1.17. The minimum Gasteiger partial charge on any atom is -0.477 e. The number of carboxylic acids is 1. The number of carboxylic acid groups (broad SMARTS) is 1. The number of carbonyl (C=O) groups is 1. The molecule has 2 rings (SSSR count). The summed E-state index contributed by atoms with van der Waals surface area (Å²) in [4.78, 5) is 10.7. The van der Waals surface area contributed by atoms with Crippen LogP contribution in [0, 0.1) is 0 Å². The third-order valence-corrected chi connectivity index (χ3v) is 2.15. The van der Waals surface area contributed by atoms with Crippen molar-refractivity contribution < 1.29 is 9.90 Å². The number of pyridine rings is 1. The summed E-state index contributed by atoms with van der Waals surface area (Å²) >= 11 is 5.84. The molecular formula is C9H6ClNO2. The molecule has 0 amide bonds. The highest BCUT2D eigenvalue weighted by Gasteiger charge is 2.11. The molecule has 1 N–H and O–H groups in total. The molecule has 0 saturated carbocycles. The molecule has 0 aliphatic heterocycles. The van der Waals surface area contributed by atoms with Gasteiger partial charge in [0.15, 0.2) is 0 Å². The Balaban J connectivity index is 2.85. The van der Waals surface area contributed by atoms with Gasteiger partial charge in [0.25, 0.3) is 0 Å². The smallest absolute Gasteiger partial charge is 0.352 e. The Morgan fingerprint density at radius 1 is 1.46 bits per heavy atom. The zero-order valence-corrected chi connectivity index (χ0v) is 7.32. The maximum atomic E-state index is 10.7. The first kappa shape index (κ1) is 8.13. The fourth-order valence-electron chi connectivity index (χ4n) is 1.28. The molecule has 66 valence electrons. The molecule has 0 atom stereocenters. The number of hydrogen-bond donors (Lipinski definition) is 1. The molecule has 0 saturated heterocycles. The van der Waals surface area contributed by atoms with Crippen LogP contribution in [0.4, 0.5) is 0 Å². The van der Waals surface area contributed by atoms with Crippen LogP contribution in [-0.2, 0) is 0 Å². The molecule has 0 spiro atoms. The minimum absolute atomic E-state index is 0.181. The van der Waals surface area contributed by atoms with Crippen molar-refractivity contribution in [2.75, 3.05) is 0 Å². The minimum atomic E-state index is -0.979. The molecule has 3 nitrogen and oxygen atoms in total. The van der Waals surface area contributed by atoms with E-state index in [0.717, 1.165) is 0 Å². The molecule has 0 unspecified atom stereocenters. The predicted molar refractivity (Wildman–Crippen MR) is 49.4 cm³/mol. The van der Waals surface area contributed by atoms with Gasteiger partial charge in [-0.1, -0.05) is 17.7 Å². The van der Waals surface area contributed by atoms with Gasteiger partial charge in [0, 0.05) is 6.20 Å². The van der Waals surface area contributed by atoms with Gasteiger partial charge in [-0.05, 0) is 18.2 Å². The highest BCUT2D eigenvalue weighted by molar-refractivity contribution is 6.34. The van der Waals surface area contributed by atoms with Gasteiger partial charge < -0.3 is 9.51 Å². The molecular weight excluding hydrogens is 190 g/mol. The second-order valence-corrected chi connectivity index (χ2v) is 3.05. The van der Waals surface area contributed by atoms with Crippen LogP contribution in [-0.4, -0.2) is 15.5 Å². The first-order chi connectivity index (χ1) is 6.20. The maximum Gasteiger partial charge on any atom is 0.352 e. The van der Waals surface area contributed by atoms with E-state index in [4.69, 9.17) is 16.7 Å². The van der Waals surface area contributed by atoms with Gasteiger partial charge >= 0.3 is 5.97 Å². The van der Waals surface area contributed by atoms with Gasteiger partial charge in [-0.15, -0.1) is 0 Å². The van der Waals surface area contributed by atoms with Crippen LogP contribution in [0.25, 0.3) is 5.52 Å². The Labute approximate surface area is 79.2 Å². The number of rotatable bonds is 1. The zero-order valence-electron chi connectivity index (χ0n) is 6.57. The van der Waals surface area contributed by atoms with Crippen molar-refractivity contribution in [3.8, 4) is 0 Å². The summed E-state index contributed by atoms with van der Waals surface area (Å²) in [7, 11) is 0. The van der Waals surface area contributed by atoms with E-state index in [1.165, 1.54) is 6.07 Å². The van der Waals surface area contributed by atoms with Crippen molar-refractivity contribution in [2.24, 2.45) is 0 Å². The quantitative estimate of drug-likeness (QED) is 0.759. The van der Waals surface area contributed by atoms with Crippen molar-refractivity contribution >= 4 is 23.1 Å². The lowest BCUT2D eigenvalue weighted by molar-refractivity contribution is 0.0689. The number of aromatic carboxylic acids is 1. The summed E-state index contributed by atoms with van der Waals surface area (Å²) in [6.45, 7) is 0. The van der Waals surface area contributed by atoms with Crippen LogP contribution in [0.2, 0.25) is 5.02 Å². The van der Waals surface area contributed by atoms with Crippen LogP contribution in [0.1, 0.15) is 10.5 Å². The lowest BCUT2D eigenvalue weighted by atomic mass is 10.4. The monoisotopic (exact) mass is 195 g/mol. The number of fused-ring (bicyclic) bond motifs is 1. The normalized spacial score (nSPS) is 10.5. The Morgan fingerprint density at radius 2 is 2.23 bits per heavy atom. The number of hydrogen-bond acceptors (Lipinski definition) is 1. The van der Waals surface area contributed by atoms with Crippen molar-refractivity contribution in [1.82, 2.24) is 4.40 Å². The average Bonchev–Trinajstić information content (AvgIpc) is 2.45. The number of halogens is 1. The molecule has 0 aliphatic carbocycles. The van der Waals surface area contributed by atoms with Gasteiger partial charge in [-0.25, -0.2) is 4.79 Å². The Kier molecular flexibility index (Phi) is 1.74. The van der Waals surface area contributed by atoms with Crippen LogP contribution in [0.3, 0.4) is 0 Å². The van der Waals surface area contributed by atoms with Gasteiger partial charge in [-0.2, -0.15) is 0 Å². The van der Waals surface area contributed by atoms with Crippen LogP contribution in [0.15, 0.2) is 30.5 Å². The van der Waals surface area contributed by atoms with Crippen molar-refractivity contribution in [3.63, 3.8) is 0 Å². The molecule has 13 heavy (non-hydrogen) atoms. The fourth-order valence-corrected chi connectivity index (χ4v) is 1.53. The summed E-state index contributed by atoms with van der Waals surface area (Å²) in [5.41, 5.74) is 0.891. The fraction of sp³-hybridized carbons (Fsp3) is 0. The Bertz CT molecular complexity index is 475. The van der Waals surface area contributed by atoms with E-state index in [2.05, 4.69) is 0 Å². The second kappa shape index (κ2) is 2.78. The summed E-state index contributed by atoms with van der Waals surface area (Å²) in [5.74, 6) is -0.979. The lowest BCUT2D eigenvalue weighted by Crippen LogP contribution is -2.00. The predicted octanol–water partition coefficient (Wildman–Crippen LogP) is 2.29. The molecule has 2 aromatic rings. The van der Waals surface area contributed by atoms with Crippen LogP contribution in [0.5, 0.6) is 0 Å². The van der Waals surface area contributed by atoms with E-state index in [0.29, 0.717) is 10.5 Å². The molecule has 0 aliphatic rings. The third-order valence-electron chi connectivity index (χ3n) is 1.85. The molecule has 0 aromatic carbocycles. The molecule has 0 fully saturated rings. The first-order valence-electron chi connectivity index (χ1n) is 3.69. The molecule has 0 radical (unpaired) electrons. The lowest BCUT2D eigenvalue weighted by Gasteiger charge is -1.95. The van der Waals surface area contributed by atoms with Gasteiger partial charge in [0.2, 0.25) is 0 Å². The van der Waals surface area contributed by atoms with E-state index in [1.54, 1.807) is 22.7 Å². The standard InChI is InChI=1S/C9H6ClNO2/c10-6-5-8(9(12)13)11-4-2-1-3-7(6)11/h1-5H,(H,12,13). The summed E-state index contributed by atoms with van der Waals surface area (Å²) < 4.78 is 1.55. The summed E-state index contributed by atoms with van der Waals surface area (Å²) in [6.07, 6.45) is 1.67. The van der Waals surface area contributed by atoms with E-state index in [-0.39, 0.29) is 5.69 Å². The van der Waals surface area contributed by atoms with Crippen molar-refractivity contribution in [1.29, 1.82) is 0 Å².